The molecule has 1 unspecified atom stereocenters. The van der Waals surface area contributed by atoms with Gasteiger partial charge in [-0.05, 0) is 30.9 Å². The number of rotatable bonds is 4. The summed E-state index contributed by atoms with van der Waals surface area (Å²) in [5.41, 5.74) is 7.17. The van der Waals surface area contributed by atoms with Crippen molar-refractivity contribution in [3.05, 3.63) is 30.1 Å². The SMILES string of the molecule is N#CCc1nc2ccccc2n1CC(N)(C#N)C1CC1. The Hall–Kier alpha value is -2.37. The quantitative estimate of drug-likeness (QED) is 0.911. The molecule has 0 radical (unpaired) electrons. The van der Waals surface area contributed by atoms with Crippen LogP contribution in [0.4, 0.5) is 0 Å². The maximum absolute atomic E-state index is 9.41. The number of imidazole rings is 1. The van der Waals surface area contributed by atoms with Crippen molar-refractivity contribution in [3.63, 3.8) is 0 Å². The molecular formula is C15H15N5. The van der Waals surface area contributed by atoms with Crippen molar-refractivity contribution in [2.75, 3.05) is 0 Å². The highest BCUT2D eigenvalue weighted by Crippen LogP contribution is 2.39. The summed E-state index contributed by atoms with van der Waals surface area (Å²) in [5, 5.41) is 18.4. The molecule has 1 saturated carbocycles. The topological polar surface area (TPSA) is 91.4 Å². The van der Waals surface area contributed by atoms with E-state index in [1.54, 1.807) is 0 Å². The molecule has 3 rings (SSSR count). The van der Waals surface area contributed by atoms with E-state index in [9.17, 15) is 5.26 Å². The van der Waals surface area contributed by atoms with Crippen molar-refractivity contribution in [2.24, 2.45) is 11.7 Å². The second-order valence-electron chi connectivity index (χ2n) is 5.36. The van der Waals surface area contributed by atoms with Crippen LogP contribution in [0.15, 0.2) is 24.3 Å². The zero-order valence-electron chi connectivity index (χ0n) is 11.1. The molecule has 1 aliphatic rings. The smallest absolute Gasteiger partial charge is 0.125 e. The molecule has 0 bridgehead atoms. The number of nitrogens with two attached hydrogens (primary N) is 1. The number of hydrogen-bond donors (Lipinski definition) is 1. The third-order valence-electron chi connectivity index (χ3n) is 3.90. The Labute approximate surface area is 117 Å². The lowest BCUT2D eigenvalue weighted by Gasteiger charge is -2.23. The molecule has 0 spiro atoms. The van der Waals surface area contributed by atoms with Crippen molar-refractivity contribution in [1.82, 2.24) is 9.55 Å². The molecule has 20 heavy (non-hydrogen) atoms. The van der Waals surface area contributed by atoms with Crippen LogP contribution in [-0.2, 0) is 13.0 Å². The van der Waals surface area contributed by atoms with Gasteiger partial charge in [0.05, 0.1) is 36.1 Å². The van der Waals surface area contributed by atoms with Gasteiger partial charge in [-0.1, -0.05) is 12.1 Å². The summed E-state index contributed by atoms with van der Waals surface area (Å²) in [6.07, 6.45) is 2.23. The molecule has 1 atom stereocenters. The van der Waals surface area contributed by atoms with Gasteiger partial charge in [0.2, 0.25) is 0 Å². The lowest BCUT2D eigenvalue weighted by Crippen LogP contribution is -2.45. The summed E-state index contributed by atoms with van der Waals surface area (Å²) in [5.74, 6) is 0.933. The Morgan fingerprint density at radius 3 is 2.75 bits per heavy atom. The minimum absolute atomic E-state index is 0.223. The average Bonchev–Trinajstić information content (AvgIpc) is 3.26. The first-order chi connectivity index (χ1) is 9.68. The van der Waals surface area contributed by atoms with Crippen molar-refractivity contribution >= 4 is 11.0 Å². The number of aromatic nitrogens is 2. The monoisotopic (exact) mass is 265 g/mol. The molecule has 2 aromatic rings. The lowest BCUT2D eigenvalue weighted by atomic mass is 9.96. The van der Waals surface area contributed by atoms with E-state index in [0.717, 1.165) is 23.9 Å². The van der Waals surface area contributed by atoms with Gasteiger partial charge in [0.1, 0.15) is 11.4 Å². The van der Waals surface area contributed by atoms with Crippen LogP contribution in [0, 0.1) is 28.6 Å². The number of nitrogens with zero attached hydrogens (tertiary/aromatic N) is 4. The molecule has 2 N–H and O–H groups in total. The third-order valence-corrected chi connectivity index (χ3v) is 3.90. The van der Waals surface area contributed by atoms with Gasteiger partial charge in [0.15, 0.2) is 0 Å². The zero-order chi connectivity index (χ0) is 14.2. The minimum atomic E-state index is -0.867. The van der Waals surface area contributed by atoms with Crippen molar-refractivity contribution in [1.29, 1.82) is 10.5 Å². The zero-order valence-corrected chi connectivity index (χ0v) is 11.1. The fourth-order valence-electron chi connectivity index (χ4n) is 2.62. The van der Waals surface area contributed by atoms with Crippen molar-refractivity contribution < 1.29 is 0 Å². The third kappa shape index (κ3) is 2.03. The largest absolute Gasteiger partial charge is 0.324 e. The van der Waals surface area contributed by atoms with Crippen LogP contribution in [-0.4, -0.2) is 15.1 Å². The van der Waals surface area contributed by atoms with E-state index < -0.39 is 5.54 Å². The fraction of sp³-hybridized carbons (Fsp3) is 0.400. The van der Waals surface area contributed by atoms with Crippen molar-refractivity contribution in [3.8, 4) is 12.1 Å². The van der Waals surface area contributed by atoms with Crippen LogP contribution >= 0.6 is 0 Å². The molecule has 1 aliphatic carbocycles. The summed E-state index contributed by atoms with van der Waals surface area (Å²) in [6, 6.07) is 12.1. The van der Waals surface area contributed by atoms with E-state index >= 15 is 0 Å². The van der Waals surface area contributed by atoms with Gasteiger partial charge in [0.25, 0.3) is 0 Å². The van der Waals surface area contributed by atoms with E-state index in [0.29, 0.717) is 12.4 Å². The van der Waals surface area contributed by atoms with Crippen LogP contribution in [0.25, 0.3) is 11.0 Å². The highest BCUT2D eigenvalue weighted by molar-refractivity contribution is 5.76. The van der Waals surface area contributed by atoms with Crippen LogP contribution < -0.4 is 5.73 Å². The first-order valence-electron chi connectivity index (χ1n) is 6.69. The van der Waals surface area contributed by atoms with Gasteiger partial charge in [-0.15, -0.1) is 0 Å². The van der Waals surface area contributed by atoms with Gasteiger partial charge in [-0.25, -0.2) is 4.98 Å². The van der Waals surface area contributed by atoms with Gasteiger partial charge in [0, 0.05) is 0 Å². The van der Waals surface area contributed by atoms with Crippen LogP contribution in [0.5, 0.6) is 0 Å². The number of nitriles is 2. The predicted molar refractivity (Wildman–Crippen MR) is 74.3 cm³/mol. The Morgan fingerprint density at radius 1 is 1.35 bits per heavy atom. The number of benzene rings is 1. The van der Waals surface area contributed by atoms with E-state index in [4.69, 9.17) is 11.0 Å². The number of hydrogen-bond acceptors (Lipinski definition) is 4. The van der Waals surface area contributed by atoms with E-state index in [1.165, 1.54) is 0 Å². The van der Waals surface area contributed by atoms with Crippen LogP contribution in [0.3, 0.4) is 0 Å². The number of fused-ring (bicyclic) bond motifs is 1. The molecule has 0 amide bonds. The first kappa shape index (κ1) is 12.7. The molecule has 5 nitrogen and oxygen atoms in total. The van der Waals surface area contributed by atoms with Crippen LogP contribution in [0.2, 0.25) is 0 Å². The molecule has 100 valence electrons. The second kappa shape index (κ2) is 4.63. The standard InChI is InChI=1S/C15H15N5/c16-8-7-14-19-12-3-1-2-4-13(12)20(14)10-15(18,9-17)11-5-6-11/h1-4,11H,5-7,10,18H2. The summed E-state index contributed by atoms with van der Waals surface area (Å²) in [4.78, 5) is 4.48. The Kier molecular flexibility index (Phi) is 2.93. The highest BCUT2D eigenvalue weighted by Gasteiger charge is 2.43. The molecule has 1 aromatic carbocycles. The summed E-state index contributed by atoms with van der Waals surface area (Å²) >= 11 is 0. The molecular weight excluding hydrogens is 250 g/mol. The molecule has 1 aromatic heterocycles. The summed E-state index contributed by atoms with van der Waals surface area (Å²) < 4.78 is 1.93. The van der Waals surface area contributed by atoms with Crippen LogP contribution in [0.1, 0.15) is 18.7 Å². The van der Waals surface area contributed by atoms with Gasteiger partial charge >= 0.3 is 0 Å². The Morgan fingerprint density at radius 2 is 2.10 bits per heavy atom. The lowest BCUT2D eigenvalue weighted by molar-refractivity contribution is 0.405. The molecule has 0 saturated heterocycles. The van der Waals surface area contributed by atoms with Gasteiger partial charge in [-0.3, -0.25) is 0 Å². The maximum Gasteiger partial charge on any atom is 0.125 e. The predicted octanol–water partition coefficient (Wildman–Crippen LogP) is 1.73. The van der Waals surface area contributed by atoms with Gasteiger partial charge < -0.3 is 10.3 Å². The normalized spacial score (nSPS) is 17.4. The Bertz CT molecular complexity index is 729. The Balaban J connectivity index is 2.07. The van der Waals surface area contributed by atoms with E-state index in [1.807, 2.05) is 28.8 Å². The van der Waals surface area contributed by atoms with Crippen molar-refractivity contribution in [2.45, 2.75) is 31.3 Å². The minimum Gasteiger partial charge on any atom is -0.324 e. The molecule has 0 aliphatic heterocycles. The fourth-order valence-corrected chi connectivity index (χ4v) is 2.62. The molecule has 1 fully saturated rings. The maximum atomic E-state index is 9.41. The molecule has 5 heteroatoms. The summed E-state index contributed by atoms with van der Waals surface area (Å²) in [6.45, 7) is 0.395. The van der Waals surface area contributed by atoms with E-state index in [2.05, 4.69) is 17.1 Å². The number of para-hydroxylation sites is 2. The summed E-state index contributed by atoms with van der Waals surface area (Å²) in [7, 11) is 0. The van der Waals surface area contributed by atoms with Gasteiger partial charge in [-0.2, -0.15) is 10.5 Å². The second-order valence-corrected chi connectivity index (χ2v) is 5.36. The first-order valence-corrected chi connectivity index (χ1v) is 6.69. The highest BCUT2D eigenvalue weighted by atomic mass is 15.1. The average molecular weight is 265 g/mol. The molecule has 1 heterocycles. The van der Waals surface area contributed by atoms with E-state index in [-0.39, 0.29) is 12.3 Å².